The van der Waals surface area contributed by atoms with Crippen molar-refractivity contribution < 1.29 is 0 Å². The Morgan fingerprint density at radius 1 is 1.40 bits per heavy atom. The largest absolute Gasteiger partial charge is 0.359 e. The van der Waals surface area contributed by atoms with Crippen LogP contribution in [0.5, 0.6) is 0 Å². The van der Waals surface area contributed by atoms with Crippen LogP contribution in [0, 0.1) is 5.92 Å². The van der Waals surface area contributed by atoms with Crippen LogP contribution < -0.4 is 5.32 Å². The van der Waals surface area contributed by atoms with Crippen LogP contribution in [0.3, 0.4) is 0 Å². The molecule has 0 spiro atoms. The van der Waals surface area contributed by atoms with E-state index in [1.54, 1.807) is 0 Å². The average Bonchev–Trinajstić information content (AvgIpc) is 2.45. The van der Waals surface area contributed by atoms with Gasteiger partial charge in [-0.15, -0.1) is 11.3 Å². The van der Waals surface area contributed by atoms with Crippen molar-refractivity contribution in [2.75, 3.05) is 5.32 Å². The topological polar surface area (TPSA) is 24.9 Å². The second kappa shape index (κ2) is 4.12. The van der Waals surface area contributed by atoms with E-state index in [4.69, 9.17) is 4.98 Å². The number of hydrogen-bond acceptors (Lipinski definition) is 3. The summed E-state index contributed by atoms with van der Waals surface area (Å²) in [5.41, 5.74) is 1.34. The van der Waals surface area contributed by atoms with Gasteiger partial charge in [0.2, 0.25) is 0 Å². The molecule has 1 heterocycles. The zero-order valence-corrected chi connectivity index (χ0v) is 10.8. The van der Waals surface area contributed by atoms with E-state index in [0.717, 1.165) is 17.5 Å². The van der Waals surface area contributed by atoms with Crippen LogP contribution >= 0.6 is 11.3 Å². The minimum Gasteiger partial charge on any atom is -0.359 e. The lowest BCUT2D eigenvalue weighted by atomic mass is 9.86. The minimum atomic E-state index is 0.477. The number of aromatic nitrogens is 1. The maximum Gasteiger partial charge on any atom is 0.183 e. The molecule has 0 amide bonds. The molecule has 0 radical (unpaired) electrons. The molecule has 1 aliphatic carbocycles. The molecule has 3 heteroatoms. The quantitative estimate of drug-likeness (QED) is 0.829. The molecular weight excluding hydrogens is 204 g/mol. The minimum absolute atomic E-state index is 0.477. The molecule has 2 rings (SSSR count). The molecule has 0 fully saturated rings. The Morgan fingerprint density at radius 2 is 2.13 bits per heavy atom. The van der Waals surface area contributed by atoms with E-state index in [1.165, 1.54) is 17.0 Å². The Balaban J connectivity index is 2.23. The van der Waals surface area contributed by atoms with Gasteiger partial charge < -0.3 is 5.32 Å². The van der Waals surface area contributed by atoms with Crippen molar-refractivity contribution in [3.05, 3.63) is 10.6 Å². The van der Waals surface area contributed by atoms with Crippen LogP contribution in [-0.4, -0.2) is 11.0 Å². The van der Waals surface area contributed by atoms with Gasteiger partial charge in [0.1, 0.15) is 0 Å². The first-order valence-electron chi connectivity index (χ1n) is 5.82. The third-order valence-electron chi connectivity index (χ3n) is 2.89. The fourth-order valence-electron chi connectivity index (χ4n) is 2.33. The van der Waals surface area contributed by atoms with Crippen LogP contribution in [-0.2, 0) is 6.42 Å². The molecule has 1 N–H and O–H groups in total. The first-order valence-corrected chi connectivity index (χ1v) is 6.64. The Hall–Kier alpha value is -0.570. The number of fused-ring (bicyclic) bond motifs is 1. The second-order valence-corrected chi connectivity index (χ2v) is 6.11. The average molecular weight is 224 g/mol. The van der Waals surface area contributed by atoms with Crippen LogP contribution in [0.25, 0.3) is 0 Å². The maximum absolute atomic E-state index is 4.70. The smallest absolute Gasteiger partial charge is 0.183 e. The lowest BCUT2D eigenvalue weighted by Gasteiger charge is -2.22. The first kappa shape index (κ1) is 10.9. The van der Waals surface area contributed by atoms with Gasteiger partial charge in [-0.2, -0.15) is 0 Å². The van der Waals surface area contributed by atoms with Crippen molar-refractivity contribution in [1.82, 2.24) is 4.98 Å². The highest BCUT2D eigenvalue weighted by Crippen LogP contribution is 2.39. The lowest BCUT2D eigenvalue weighted by Crippen LogP contribution is -2.13. The number of nitrogens with zero attached hydrogens (tertiary/aromatic N) is 1. The molecule has 2 atom stereocenters. The van der Waals surface area contributed by atoms with Crippen molar-refractivity contribution in [3.63, 3.8) is 0 Å². The summed E-state index contributed by atoms with van der Waals surface area (Å²) < 4.78 is 0. The molecule has 0 saturated heterocycles. The molecule has 15 heavy (non-hydrogen) atoms. The molecule has 2 nitrogen and oxygen atoms in total. The fraction of sp³-hybridized carbons (Fsp3) is 0.750. The van der Waals surface area contributed by atoms with Gasteiger partial charge in [0.15, 0.2) is 5.13 Å². The summed E-state index contributed by atoms with van der Waals surface area (Å²) in [4.78, 5) is 6.21. The molecule has 0 bridgehead atoms. The van der Waals surface area contributed by atoms with Crippen LogP contribution in [0.4, 0.5) is 5.13 Å². The van der Waals surface area contributed by atoms with Crippen molar-refractivity contribution in [1.29, 1.82) is 0 Å². The van der Waals surface area contributed by atoms with Gasteiger partial charge in [0.05, 0.1) is 5.69 Å². The standard InChI is InChI=1S/C12H20N2S/c1-7(2)13-12-14-10-6-8(3)5-9(4)11(10)15-12/h7-9H,5-6H2,1-4H3,(H,13,14). The summed E-state index contributed by atoms with van der Waals surface area (Å²) in [5, 5.41) is 4.51. The van der Waals surface area contributed by atoms with E-state index < -0.39 is 0 Å². The van der Waals surface area contributed by atoms with Crippen LogP contribution in [0.1, 0.15) is 50.6 Å². The van der Waals surface area contributed by atoms with Crippen LogP contribution in [0.15, 0.2) is 0 Å². The predicted octanol–water partition coefficient (Wildman–Crippen LogP) is 3.65. The van der Waals surface area contributed by atoms with Gasteiger partial charge >= 0.3 is 0 Å². The van der Waals surface area contributed by atoms with Crippen molar-refractivity contribution in [2.45, 2.75) is 52.5 Å². The van der Waals surface area contributed by atoms with Gasteiger partial charge in [-0.1, -0.05) is 13.8 Å². The highest BCUT2D eigenvalue weighted by atomic mass is 32.1. The number of hydrogen-bond donors (Lipinski definition) is 1. The zero-order valence-electron chi connectivity index (χ0n) is 10.0. The normalized spacial score (nSPS) is 25.4. The maximum atomic E-state index is 4.70. The molecule has 2 unspecified atom stereocenters. The Labute approximate surface area is 96.1 Å². The second-order valence-electron chi connectivity index (χ2n) is 5.08. The Kier molecular flexibility index (Phi) is 3.01. The van der Waals surface area contributed by atoms with E-state index in [0.29, 0.717) is 12.0 Å². The van der Waals surface area contributed by atoms with Gasteiger partial charge in [0.25, 0.3) is 0 Å². The molecule has 84 valence electrons. The van der Waals surface area contributed by atoms with Crippen LogP contribution in [0.2, 0.25) is 0 Å². The monoisotopic (exact) mass is 224 g/mol. The molecule has 0 aliphatic heterocycles. The van der Waals surface area contributed by atoms with E-state index >= 15 is 0 Å². The number of thiazole rings is 1. The highest BCUT2D eigenvalue weighted by Gasteiger charge is 2.25. The van der Waals surface area contributed by atoms with Gasteiger partial charge in [0, 0.05) is 10.9 Å². The zero-order chi connectivity index (χ0) is 11.0. The summed E-state index contributed by atoms with van der Waals surface area (Å²) in [6.07, 6.45) is 2.48. The molecule has 1 aliphatic rings. The van der Waals surface area contributed by atoms with E-state index in [-0.39, 0.29) is 0 Å². The summed E-state index contributed by atoms with van der Waals surface area (Å²) in [6.45, 7) is 8.97. The highest BCUT2D eigenvalue weighted by molar-refractivity contribution is 7.15. The van der Waals surface area contributed by atoms with E-state index in [9.17, 15) is 0 Å². The third kappa shape index (κ3) is 2.33. The number of nitrogens with one attached hydrogen (secondary N) is 1. The number of rotatable bonds is 2. The summed E-state index contributed by atoms with van der Waals surface area (Å²) in [5.74, 6) is 1.49. The van der Waals surface area contributed by atoms with Gasteiger partial charge in [-0.3, -0.25) is 0 Å². The third-order valence-corrected chi connectivity index (χ3v) is 4.15. The predicted molar refractivity (Wildman–Crippen MR) is 66.8 cm³/mol. The summed E-state index contributed by atoms with van der Waals surface area (Å²) >= 11 is 1.85. The first-order chi connectivity index (χ1) is 7.06. The Morgan fingerprint density at radius 3 is 2.80 bits per heavy atom. The van der Waals surface area contributed by atoms with E-state index in [1.807, 2.05) is 11.3 Å². The SMILES string of the molecule is CC1Cc2nc(NC(C)C)sc2C(C)C1. The van der Waals surface area contributed by atoms with Crippen molar-refractivity contribution in [2.24, 2.45) is 5.92 Å². The lowest BCUT2D eigenvalue weighted by molar-refractivity contribution is 0.450. The Bertz CT molecular complexity index is 343. The van der Waals surface area contributed by atoms with E-state index in [2.05, 4.69) is 33.0 Å². The molecule has 1 aromatic rings. The summed E-state index contributed by atoms with van der Waals surface area (Å²) in [7, 11) is 0. The number of anilines is 1. The molecular formula is C12H20N2S. The fourth-order valence-corrected chi connectivity index (χ4v) is 3.53. The molecule has 0 aromatic carbocycles. The molecule has 1 aromatic heterocycles. The molecule has 0 saturated carbocycles. The van der Waals surface area contributed by atoms with Gasteiger partial charge in [-0.05, 0) is 38.5 Å². The van der Waals surface area contributed by atoms with Gasteiger partial charge in [-0.25, -0.2) is 4.98 Å². The summed E-state index contributed by atoms with van der Waals surface area (Å²) in [6, 6.07) is 0.477. The van der Waals surface area contributed by atoms with Crippen molar-refractivity contribution >= 4 is 16.5 Å². The van der Waals surface area contributed by atoms with Crippen molar-refractivity contribution in [3.8, 4) is 0 Å².